The molecule has 0 bridgehead atoms. The number of esters is 4. The van der Waals surface area contributed by atoms with Gasteiger partial charge in [0.25, 0.3) is 5.69 Å². The molecule has 0 spiro atoms. The van der Waals surface area contributed by atoms with Crippen molar-refractivity contribution < 1.29 is 77.3 Å². The van der Waals surface area contributed by atoms with Crippen LogP contribution in [-0.2, 0) is 52.3 Å². The maximum absolute atomic E-state index is 12.1. The van der Waals surface area contributed by atoms with Crippen LogP contribution in [0.1, 0.15) is 27.7 Å². The molecular weight excluding hydrogens is 598 g/mol. The average molecular weight is 632 g/mol. The summed E-state index contributed by atoms with van der Waals surface area (Å²) >= 11 is 0. The van der Waals surface area contributed by atoms with Crippen molar-refractivity contribution in [3.05, 3.63) is 34.4 Å². The van der Waals surface area contributed by atoms with Gasteiger partial charge in [-0.1, -0.05) is 0 Å². The number of ether oxygens (including phenoxy) is 8. The lowest BCUT2D eigenvalue weighted by atomic mass is 9.96. The molecule has 1 aromatic rings. The van der Waals surface area contributed by atoms with E-state index in [1.807, 2.05) is 0 Å². The molecule has 2 aliphatic heterocycles. The van der Waals surface area contributed by atoms with Crippen molar-refractivity contribution in [2.24, 2.45) is 0 Å². The Morgan fingerprint density at radius 2 is 1.32 bits per heavy atom. The Hall–Kier alpha value is -3.94. The van der Waals surface area contributed by atoms with Gasteiger partial charge in [-0.2, -0.15) is 0 Å². The first kappa shape index (κ1) is 34.5. The summed E-state index contributed by atoms with van der Waals surface area (Å²) in [4.78, 5) is 58.1. The smallest absolute Gasteiger partial charge is 0.303 e. The average Bonchev–Trinajstić information content (AvgIpc) is 2.94. The fourth-order valence-electron chi connectivity index (χ4n) is 4.53. The monoisotopic (exact) mass is 631 g/mol. The van der Waals surface area contributed by atoms with Gasteiger partial charge in [-0.3, -0.25) is 29.3 Å². The number of aliphatic hydroxyl groups excluding tert-OH is 3. The topological polar surface area (TPSA) is 246 Å². The largest absolute Gasteiger partial charge is 0.463 e. The van der Waals surface area contributed by atoms with Gasteiger partial charge in [0.2, 0.25) is 6.29 Å². The highest BCUT2D eigenvalue weighted by Crippen LogP contribution is 2.34. The molecule has 2 heterocycles. The van der Waals surface area contributed by atoms with E-state index in [1.165, 1.54) is 12.1 Å². The van der Waals surface area contributed by atoms with E-state index in [2.05, 4.69) is 0 Å². The number of nitrogens with zero attached hydrogens (tertiary/aromatic N) is 1. The molecule has 1 aromatic carbocycles. The van der Waals surface area contributed by atoms with Crippen LogP contribution in [0.25, 0.3) is 0 Å². The van der Waals surface area contributed by atoms with Gasteiger partial charge in [0.05, 0.1) is 11.5 Å². The van der Waals surface area contributed by atoms with Gasteiger partial charge in [0.15, 0.2) is 30.7 Å². The van der Waals surface area contributed by atoms with Crippen LogP contribution in [0.3, 0.4) is 0 Å². The molecule has 18 nitrogen and oxygen atoms in total. The van der Waals surface area contributed by atoms with Crippen LogP contribution in [0.4, 0.5) is 5.69 Å². The van der Waals surface area contributed by atoms with Gasteiger partial charge in [0.1, 0.15) is 36.8 Å². The zero-order valence-electron chi connectivity index (χ0n) is 24.0. The number of hydrogen-bond donors (Lipinski definition) is 3. The van der Waals surface area contributed by atoms with E-state index in [0.29, 0.717) is 0 Å². The SMILES string of the molecule is CC(=O)OC[C@H]1O[C@@H](O[C@H]2[C@H](Oc3ccc([N+](=O)[O-])cc3)O[C@H](CO)[C@@H](O)[C@@H]2O)[C@H](OC(C)=O)[C@@H](OC(C)=O)[C@@H]1OC(C)=O. The molecular formula is C26H33NO17. The molecule has 3 N–H and O–H groups in total. The fraction of sp³-hybridized carbons (Fsp3) is 0.615. The van der Waals surface area contributed by atoms with E-state index in [0.717, 1.165) is 39.8 Å². The quantitative estimate of drug-likeness (QED) is 0.113. The van der Waals surface area contributed by atoms with Gasteiger partial charge in [0, 0.05) is 39.8 Å². The minimum absolute atomic E-state index is 0.00368. The maximum atomic E-state index is 12.1. The van der Waals surface area contributed by atoms with Crippen LogP contribution in [0.15, 0.2) is 24.3 Å². The van der Waals surface area contributed by atoms with E-state index >= 15 is 0 Å². The molecule has 0 radical (unpaired) electrons. The summed E-state index contributed by atoms with van der Waals surface area (Å²) < 4.78 is 44.2. The van der Waals surface area contributed by atoms with Gasteiger partial charge in [-0.05, 0) is 12.1 Å². The Morgan fingerprint density at radius 3 is 1.84 bits per heavy atom. The lowest BCUT2D eigenvalue weighted by Crippen LogP contribution is -2.66. The van der Waals surface area contributed by atoms with Crippen LogP contribution >= 0.6 is 0 Å². The van der Waals surface area contributed by atoms with E-state index in [1.54, 1.807) is 0 Å². The number of nitro groups is 1. The highest BCUT2D eigenvalue weighted by Gasteiger charge is 2.56. The van der Waals surface area contributed by atoms with Crippen molar-refractivity contribution in [1.29, 1.82) is 0 Å². The first-order valence-corrected chi connectivity index (χ1v) is 13.2. The molecule has 0 unspecified atom stereocenters. The number of carbonyl (C=O) groups is 4. The minimum atomic E-state index is -1.85. The Bertz CT molecular complexity index is 1190. The number of nitro benzene ring substituents is 1. The van der Waals surface area contributed by atoms with Crippen LogP contribution in [0.5, 0.6) is 5.75 Å². The molecule has 0 aliphatic carbocycles. The van der Waals surface area contributed by atoms with E-state index in [4.69, 9.17) is 37.9 Å². The van der Waals surface area contributed by atoms with Crippen molar-refractivity contribution in [2.75, 3.05) is 13.2 Å². The highest BCUT2D eigenvalue weighted by atomic mass is 16.8. The zero-order valence-corrected chi connectivity index (χ0v) is 24.0. The molecule has 2 saturated heterocycles. The Labute approximate surface area is 249 Å². The second kappa shape index (κ2) is 15.2. The van der Waals surface area contributed by atoms with Gasteiger partial charge in [-0.15, -0.1) is 0 Å². The standard InChI is InChI=1S/C26H33NO17/c1-11(29)37-10-18-21(38-12(2)30)23(39-13(3)31)24(40-14(4)32)26(43-18)44-22-20(34)19(33)17(9-28)42-25(22)41-16-7-5-15(6-8-16)27(35)36/h5-8,17-26,28,33-34H,9-10H2,1-4H3/t17-,18-,19-,20+,21-,22-,23+,24-,25-,26+/m1/s1. The van der Waals surface area contributed by atoms with Crippen molar-refractivity contribution in [2.45, 2.75) is 89.1 Å². The van der Waals surface area contributed by atoms with Crippen molar-refractivity contribution >= 4 is 29.6 Å². The lowest BCUT2D eigenvalue weighted by Gasteiger charge is -2.47. The lowest BCUT2D eigenvalue weighted by molar-refractivity contribution is -0.384. The number of aliphatic hydroxyl groups is 3. The van der Waals surface area contributed by atoms with Crippen LogP contribution < -0.4 is 4.74 Å². The first-order valence-electron chi connectivity index (χ1n) is 13.2. The van der Waals surface area contributed by atoms with Crippen molar-refractivity contribution in [3.63, 3.8) is 0 Å². The summed E-state index contributed by atoms with van der Waals surface area (Å²) in [5.41, 5.74) is -0.254. The van der Waals surface area contributed by atoms with Crippen LogP contribution in [0, 0.1) is 10.1 Å². The van der Waals surface area contributed by atoms with Crippen LogP contribution in [0.2, 0.25) is 0 Å². The summed E-state index contributed by atoms with van der Waals surface area (Å²) in [7, 11) is 0. The Morgan fingerprint density at radius 1 is 0.773 bits per heavy atom. The normalized spacial score (nSPS) is 31.7. The molecule has 0 amide bonds. The number of hydrogen-bond acceptors (Lipinski definition) is 17. The Balaban J connectivity index is 2.02. The molecule has 244 valence electrons. The third-order valence-electron chi connectivity index (χ3n) is 6.36. The first-order chi connectivity index (χ1) is 20.7. The number of non-ortho nitro benzene ring substituents is 1. The Kier molecular flexibility index (Phi) is 11.9. The molecule has 44 heavy (non-hydrogen) atoms. The number of rotatable bonds is 11. The molecule has 3 rings (SSSR count). The summed E-state index contributed by atoms with van der Waals surface area (Å²) in [5, 5.41) is 42.3. The van der Waals surface area contributed by atoms with E-state index < -0.39 is 103 Å². The summed E-state index contributed by atoms with van der Waals surface area (Å²) in [5.74, 6) is -3.40. The van der Waals surface area contributed by atoms with E-state index in [-0.39, 0.29) is 11.4 Å². The molecule has 0 aromatic heterocycles. The van der Waals surface area contributed by atoms with E-state index in [9.17, 15) is 44.6 Å². The molecule has 2 fully saturated rings. The van der Waals surface area contributed by atoms with Crippen molar-refractivity contribution in [3.8, 4) is 5.75 Å². The molecule has 10 atom stereocenters. The summed E-state index contributed by atoms with van der Waals surface area (Å²) in [6, 6.07) is 4.70. The van der Waals surface area contributed by atoms with Gasteiger partial charge in [-0.25, -0.2) is 0 Å². The zero-order chi connectivity index (χ0) is 32.7. The number of carbonyl (C=O) groups excluding carboxylic acids is 4. The van der Waals surface area contributed by atoms with Crippen molar-refractivity contribution in [1.82, 2.24) is 0 Å². The summed E-state index contributed by atoms with van der Waals surface area (Å²) in [6.45, 7) is 2.87. The van der Waals surface area contributed by atoms with Crippen LogP contribution in [-0.4, -0.2) is 119 Å². The third-order valence-corrected chi connectivity index (χ3v) is 6.36. The predicted molar refractivity (Wildman–Crippen MR) is 138 cm³/mol. The minimum Gasteiger partial charge on any atom is -0.463 e. The van der Waals surface area contributed by atoms with Gasteiger partial charge < -0.3 is 53.2 Å². The van der Waals surface area contributed by atoms with Gasteiger partial charge >= 0.3 is 23.9 Å². The maximum Gasteiger partial charge on any atom is 0.303 e. The molecule has 18 heteroatoms. The number of benzene rings is 1. The third kappa shape index (κ3) is 8.80. The second-order valence-electron chi connectivity index (χ2n) is 9.74. The summed E-state index contributed by atoms with van der Waals surface area (Å²) in [6.07, 6.45) is -16.2. The second-order valence-corrected chi connectivity index (χ2v) is 9.74. The fourth-order valence-corrected chi connectivity index (χ4v) is 4.53. The predicted octanol–water partition coefficient (Wildman–Crippen LogP) is -1.12. The molecule has 2 aliphatic rings. The molecule has 0 saturated carbocycles. The highest BCUT2D eigenvalue weighted by molar-refractivity contribution is 5.68.